The topological polar surface area (TPSA) is 67.4 Å². The first-order chi connectivity index (χ1) is 12.3. The summed E-state index contributed by atoms with van der Waals surface area (Å²) >= 11 is 0. The van der Waals surface area contributed by atoms with E-state index >= 15 is 0 Å². The van der Waals surface area contributed by atoms with E-state index in [9.17, 15) is 14.0 Å². The smallest absolute Gasteiger partial charge is 0.239 e. The Bertz CT molecular complexity index is 756. The zero-order valence-electron chi connectivity index (χ0n) is 15.1. The Morgan fingerprint density at radius 2 is 1.62 bits per heavy atom. The van der Waals surface area contributed by atoms with Crippen LogP contribution in [-0.4, -0.2) is 18.4 Å². The van der Waals surface area contributed by atoms with Gasteiger partial charge in [0.15, 0.2) is 0 Å². The lowest BCUT2D eigenvalue weighted by atomic mass is 9.90. The molecule has 0 radical (unpaired) electrons. The highest BCUT2D eigenvalue weighted by molar-refractivity contribution is 6.09. The molecular formula is C20H23FN2O3. The van der Waals surface area contributed by atoms with Gasteiger partial charge in [0.25, 0.3) is 0 Å². The largest absolute Gasteiger partial charge is 0.494 e. The van der Waals surface area contributed by atoms with Crippen LogP contribution in [0.3, 0.4) is 0 Å². The zero-order chi connectivity index (χ0) is 19.2. The third-order valence-corrected chi connectivity index (χ3v) is 3.92. The van der Waals surface area contributed by atoms with Crippen LogP contribution >= 0.6 is 0 Å². The SMILES string of the molecule is CCOc1ccc(NC(=O)C(C)(C)C(=O)NCc2ccc(F)cc2)cc1. The molecule has 0 unspecified atom stereocenters. The van der Waals surface area contributed by atoms with E-state index in [1.807, 2.05) is 6.92 Å². The van der Waals surface area contributed by atoms with Gasteiger partial charge >= 0.3 is 0 Å². The van der Waals surface area contributed by atoms with Gasteiger partial charge in [-0.25, -0.2) is 4.39 Å². The predicted molar refractivity (Wildman–Crippen MR) is 98.3 cm³/mol. The highest BCUT2D eigenvalue weighted by atomic mass is 19.1. The summed E-state index contributed by atoms with van der Waals surface area (Å²) in [5, 5.41) is 5.44. The van der Waals surface area contributed by atoms with Crippen LogP contribution in [0.4, 0.5) is 10.1 Å². The molecule has 0 saturated heterocycles. The van der Waals surface area contributed by atoms with Gasteiger partial charge in [-0.1, -0.05) is 12.1 Å². The van der Waals surface area contributed by atoms with Gasteiger partial charge in [0.2, 0.25) is 11.8 Å². The number of hydrogen-bond donors (Lipinski definition) is 2. The molecular weight excluding hydrogens is 335 g/mol. The van der Waals surface area contributed by atoms with Gasteiger partial charge < -0.3 is 15.4 Å². The third kappa shape index (κ3) is 5.05. The van der Waals surface area contributed by atoms with E-state index in [1.54, 1.807) is 50.2 Å². The van der Waals surface area contributed by atoms with E-state index in [-0.39, 0.29) is 12.4 Å². The normalized spacial score (nSPS) is 10.9. The minimum absolute atomic E-state index is 0.221. The number of benzene rings is 2. The first-order valence-corrected chi connectivity index (χ1v) is 8.40. The van der Waals surface area contributed by atoms with Crippen LogP contribution in [0.2, 0.25) is 0 Å². The number of halogens is 1. The molecule has 2 amide bonds. The van der Waals surface area contributed by atoms with Gasteiger partial charge in [-0.2, -0.15) is 0 Å². The van der Waals surface area contributed by atoms with Crippen LogP contribution in [0.5, 0.6) is 5.75 Å². The second-order valence-electron chi connectivity index (χ2n) is 6.35. The van der Waals surface area contributed by atoms with E-state index < -0.39 is 17.2 Å². The molecule has 0 aromatic heterocycles. The minimum atomic E-state index is -1.27. The van der Waals surface area contributed by atoms with Crippen molar-refractivity contribution in [2.24, 2.45) is 5.41 Å². The molecule has 26 heavy (non-hydrogen) atoms. The van der Waals surface area contributed by atoms with E-state index in [4.69, 9.17) is 4.74 Å². The molecule has 0 aliphatic rings. The fraction of sp³-hybridized carbons (Fsp3) is 0.300. The van der Waals surface area contributed by atoms with E-state index in [0.717, 1.165) is 5.56 Å². The molecule has 0 atom stereocenters. The van der Waals surface area contributed by atoms with Crippen molar-refractivity contribution in [1.82, 2.24) is 5.32 Å². The van der Waals surface area contributed by atoms with Crippen molar-refractivity contribution >= 4 is 17.5 Å². The number of carbonyl (C=O) groups is 2. The van der Waals surface area contributed by atoms with Crippen molar-refractivity contribution in [3.05, 3.63) is 59.9 Å². The average molecular weight is 358 g/mol. The van der Waals surface area contributed by atoms with Gasteiger partial charge in [-0.3, -0.25) is 9.59 Å². The molecule has 0 bridgehead atoms. The van der Waals surface area contributed by atoms with Crippen LogP contribution in [-0.2, 0) is 16.1 Å². The van der Waals surface area contributed by atoms with Crippen LogP contribution in [0.25, 0.3) is 0 Å². The third-order valence-electron chi connectivity index (χ3n) is 3.92. The maximum absolute atomic E-state index is 12.9. The minimum Gasteiger partial charge on any atom is -0.494 e. The summed E-state index contributed by atoms with van der Waals surface area (Å²) in [6.07, 6.45) is 0. The van der Waals surface area contributed by atoms with Gasteiger partial charge in [0.1, 0.15) is 17.0 Å². The monoisotopic (exact) mass is 358 g/mol. The van der Waals surface area contributed by atoms with Gasteiger partial charge in [-0.15, -0.1) is 0 Å². The lowest BCUT2D eigenvalue weighted by Gasteiger charge is -2.23. The Balaban J connectivity index is 1.94. The Hall–Kier alpha value is -2.89. The summed E-state index contributed by atoms with van der Waals surface area (Å²) in [7, 11) is 0. The molecule has 5 nitrogen and oxygen atoms in total. The Labute approximate surface area is 152 Å². The lowest BCUT2D eigenvalue weighted by molar-refractivity contribution is -0.138. The maximum atomic E-state index is 12.9. The molecule has 0 heterocycles. The number of carbonyl (C=O) groups excluding carboxylic acids is 2. The number of anilines is 1. The molecule has 138 valence electrons. The summed E-state index contributed by atoms with van der Waals surface area (Å²) < 4.78 is 18.3. The van der Waals surface area contributed by atoms with Crippen molar-refractivity contribution in [3.63, 3.8) is 0 Å². The number of ether oxygens (including phenoxy) is 1. The summed E-state index contributed by atoms with van der Waals surface area (Å²) in [5.41, 5.74) is 0.0684. The predicted octanol–water partition coefficient (Wildman–Crippen LogP) is 3.51. The fourth-order valence-corrected chi connectivity index (χ4v) is 2.20. The summed E-state index contributed by atoms with van der Waals surface area (Å²) in [6, 6.07) is 12.8. The van der Waals surface area contributed by atoms with Crippen LogP contribution in [0, 0.1) is 11.2 Å². The molecule has 6 heteroatoms. The summed E-state index contributed by atoms with van der Waals surface area (Å²) in [6.45, 7) is 5.78. The summed E-state index contributed by atoms with van der Waals surface area (Å²) in [5.74, 6) is -0.458. The molecule has 0 aliphatic heterocycles. The van der Waals surface area contributed by atoms with Crippen molar-refractivity contribution in [2.45, 2.75) is 27.3 Å². The van der Waals surface area contributed by atoms with Gasteiger partial charge in [0, 0.05) is 12.2 Å². The average Bonchev–Trinajstić information content (AvgIpc) is 2.62. The Morgan fingerprint density at radius 1 is 1.00 bits per heavy atom. The standard InChI is InChI=1S/C20H23FN2O3/c1-4-26-17-11-9-16(10-12-17)23-19(25)20(2,3)18(24)22-13-14-5-7-15(21)8-6-14/h5-12H,4,13H2,1-3H3,(H,22,24)(H,23,25). The van der Waals surface area contributed by atoms with Gasteiger partial charge in [-0.05, 0) is 62.7 Å². The molecule has 2 aromatic rings. The molecule has 0 spiro atoms. The van der Waals surface area contributed by atoms with E-state index in [0.29, 0.717) is 18.0 Å². The fourth-order valence-electron chi connectivity index (χ4n) is 2.20. The number of hydrogen-bond acceptors (Lipinski definition) is 3. The highest BCUT2D eigenvalue weighted by Gasteiger charge is 2.35. The zero-order valence-corrected chi connectivity index (χ0v) is 15.1. The molecule has 2 aromatic carbocycles. The molecule has 2 rings (SSSR count). The molecule has 0 fully saturated rings. The van der Waals surface area contributed by atoms with Crippen molar-refractivity contribution in [2.75, 3.05) is 11.9 Å². The quantitative estimate of drug-likeness (QED) is 0.745. The van der Waals surface area contributed by atoms with Crippen LogP contribution < -0.4 is 15.4 Å². The number of rotatable bonds is 7. The Kier molecular flexibility index (Phi) is 6.33. The van der Waals surface area contributed by atoms with Crippen molar-refractivity contribution < 1.29 is 18.7 Å². The van der Waals surface area contributed by atoms with E-state index in [2.05, 4.69) is 10.6 Å². The van der Waals surface area contributed by atoms with Crippen molar-refractivity contribution in [1.29, 1.82) is 0 Å². The first-order valence-electron chi connectivity index (χ1n) is 8.40. The second kappa shape index (κ2) is 8.47. The summed E-state index contributed by atoms with van der Waals surface area (Å²) in [4.78, 5) is 24.9. The van der Waals surface area contributed by atoms with E-state index in [1.165, 1.54) is 12.1 Å². The number of nitrogens with one attached hydrogen (secondary N) is 2. The number of amides is 2. The molecule has 0 aliphatic carbocycles. The van der Waals surface area contributed by atoms with Crippen molar-refractivity contribution in [3.8, 4) is 5.75 Å². The van der Waals surface area contributed by atoms with Crippen LogP contribution in [0.1, 0.15) is 26.3 Å². The molecule has 2 N–H and O–H groups in total. The molecule has 0 saturated carbocycles. The lowest BCUT2D eigenvalue weighted by Crippen LogP contribution is -2.44. The van der Waals surface area contributed by atoms with Crippen LogP contribution in [0.15, 0.2) is 48.5 Å². The first kappa shape index (κ1) is 19.4. The Morgan fingerprint density at radius 3 is 2.19 bits per heavy atom. The highest BCUT2D eigenvalue weighted by Crippen LogP contribution is 2.21. The maximum Gasteiger partial charge on any atom is 0.239 e. The van der Waals surface area contributed by atoms with Gasteiger partial charge in [0.05, 0.1) is 6.61 Å². The second-order valence-corrected chi connectivity index (χ2v) is 6.35.